The van der Waals surface area contributed by atoms with Crippen molar-refractivity contribution in [2.45, 2.75) is 39.7 Å². The van der Waals surface area contributed by atoms with Crippen LogP contribution in [0.1, 0.15) is 39.0 Å². The molecule has 0 spiro atoms. The Morgan fingerprint density at radius 3 is 2.80 bits per heavy atom. The molecule has 6 heteroatoms. The Balaban J connectivity index is 1.86. The molecule has 0 aromatic carbocycles. The number of nitrogens with one attached hydrogen (secondary N) is 1. The molecule has 0 saturated carbocycles. The van der Waals surface area contributed by atoms with Gasteiger partial charge in [0.1, 0.15) is 0 Å². The Morgan fingerprint density at radius 2 is 2.15 bits per heavy atom. The minimum Gasteiger partial charge on any atom is -0.407 e. The van der Waals surface area contributed by atoms with Crippen molar-refractivity contribution < 1.29 is 9.15 Å². The largest absolute Gasteiger partial charge is 0.407 e. The van der Waals surface area contributed by atoms with Gasteiger partial charge in [0.15, 0.2) is 0 Å². The highest BCUT2D eigenvalue weighted by Crippen LogP contribution is 2.38. The van der Waals surface area contributed by atoms with E-state index in [0.717, 1.165) is 19.6 Å². The van der Waals surface area contributed by atoms with Gasteiger partial charge in [-0.05, 0) is 24.7 Å². The van der Waals surface area contributed by atoms with E-state index >= 15 is 0 Å². The van der Waals surface area contributed by atoms with Crippen LogP contribution in [0.2, 0.25) is 0 Å². The summed E-state index contributed by atoms with van der Waals surface area (Å²) in [5.41, 5.74) is 0.422. The molecule has 2 heterocycles. The van der Waals surface area contributed by atoms with Crippen LogP contribution in [0.5, 0.6) is 0 Å². The number of ether oxygens (including phenoxy) is 1. The van der Waals surface area contributed by atoms with E-state index in [1.54, 1.807) is 7.11 Å². The first-order valence-corrected chi connectivity index (χ1v) is 7.50. The number of aromatic nitrogens is 2. The maximum atomic E-state index is 5.73. The smallest absolute Gasteiger partial charge is 0.318 e. The molecule has 2 rings (SSSR count). The van der Waals surface area contributed by atoms with E-state index in [-0.39, 0.29) is 0 Å². The molecule has 0 bridgehead atoms. The second kappa shape index (κ2) is 7.04. The highest BCUT2D eigenvalue weighted by molar-refractivity contribution is 5.28. The van der Waals surface area contributed by atoms with Crippen molar-refractivity contribution in [3.8, 4) is 0 Å². The highest BCUT2D eigenvalue weighted by atomic mass is 16.5. The van der Waals surface area contributed by atoms with Crippen LogP contribution in [0.15, 0.2) is 4.42 Å². The van der Waals surface area contributed by atoms with Crippen LogP contribution in [0.4, 0.5) is 6.01 Å². The van der Waals surface area contributed by atoms with Crippen molar-refractivity contribution in [1.82, 2.24) is 15.5 Å². The monoisotopic (exact) mass is 282 g/mol. The lowest BCUT2D eigenvalue weighted by Crippen LogP contribution is -2.26. The maximum absolute atomic E-state index is 5.73. The predicted octanol–water partition coefficient (Wildman–Crippen LogP) is 1.82. The Hall–Kier alpha value is -1.14. The van der Waals surface area contributed by atoms with Crippen molar-refractivity contribution in [2.75, 3.05) is 38.3 Å². The van der Waals surface area contributed by atoms with E-state index in [0.29, 0.717) is 30.5 Å². The van der Waals surface area contributed by atoms with Gasteiger partial charge in [0.25, 0.3) is 0 Å². The van der Waals surface area contributed by atoms with Gasteiger partial charge in [-0.25, -0.2) is 0 Å². The molecule has 0 amide bonds. The Kier molecular flexibility index (Phi) is 5.37. The topological polar surface area (TPSA) is 63.4 Å². The molecule has 20 heavy (non-hydrogen) atoms. The highest BCUT2D eigenvalue weighted by Gasteiger charge is 2.36. The number of hydrogen-bond donors (Lipinski definition) is 1. The number of nitrogens with zero attached hydrogens (tertiary/aromatic N) is 3. The van der Waals surface area contributed by atoms with Gasteiger partial charge in [0, 0.05) is 26.7 Å². The van der Waals surface area contributed by atoms with Crippen LogP contribution < -0.4 is 10.2 Å². The second-order valence-electron chi connectivity index (χ2n) is 5.53. The molecule has 0 radical (unpaired) electrons. The fourth-order valence-corrected chi connectivity index (χ4v) is 2.74. The number of hydrogen-bond acceptors (Lipinski definition) is 6. The van der Waals surface area contributed by atoms with Crippen molar-refractivity contribution in [3.63, 3.8) is 0 Å². The summed E-state index contributed by atoms with van der Waals surface area (Å²) in [7, 11) is 1.69. The SMILES string of the molecule is CCC1(CC)CCN(c2nnc(CNCCOC)o2)C1. The number of rotatable bonds is 8. The van der Waals surface area contributed by atoms with Crippen molar-refractivity contribution in [2.24, 2.45) is 5.41 Å². The van der Waals surface area contributed by atoms with Crippen LogP contribution in [-0.4, -0.2) is 43.5 Å². The lowest BCUT2D eigenvalue weighted by molar-refractivity contribution is 0.198. The lowest BCUT2D eigenvalue weighted by Gasteiger charge is -2.25. The van der Waals surface area contributed by atoms with Gasteiger partial charge in [-0.3, -0.25) is 0 Å². The minimum absolute atomic E-state index is 0.422. The summed E-state index contributed by atoms with van der Waals surface area (Å²) in [6.45, 7) is 8.64. The van der Waals surface area contributed by atoms with E-state index in [1.807, 2.05) is 0 Å². The fraction of sp³-hybridized carbons (Fsp3) is 0.857. The Morgan fingerprint density at radius 1 is 1.35 bits per heavy atom. The van der Waals surface area contributed by atoms with E-state index in [9.17, 15) is 0 Å². The summed E-state index contributed by atoms with van der Waals surface area (Å²) in [6, 6.07) is 0.664. The quantitative estimate of drug-likeness (QED) is 0.734. The summed E-state index contributed by atoms with van der Waals surface area (Å²) in [5.74, 6) is 0.640. The zero-order valence-electron chi connectivity index (χ0n) is 12.8. The summed E-state index contributed by atoms with van der Waals surface area (Å²) in [4.78, 5) is 2.22. The van der Waals surface area contributed by atoms with Crippen molar-refractivity contribution in [3.05, 3.63) is 5.89 Å². The molecular weight excluding hydrogens is 256 g/mol. The van der Waals surface area contributed by atoms with E-state index < -0.39 is 0 Å². The Bertz CT molecular complexity index is 404. The first-order valence-electron chi connectivity index (χ1n) is 7.50. The third-order valence-corrected chi connectivity index (χ3v) is 4.42. The maximum Gasteiger partial charge on any atom is 0.318 e. The molecule has 1 N–H and O–H groups in total. The van der Waals surface area contributed by atoms with Crippen LogP contribution in [0, 0.1) is 5.41 Å². The minimum atomic E-state index is 0.422. The van der Waals surface area contributed by atoms with Gasteiger partial charge >= 0.3 is 6.01 Å². The van der Waals surface area contributed by atoms with E-state index in [2.05, 4.69) is 34.3 Å². The van der Waals surface area contributed by atoms with Crippen molar-refractivity contribution >= 4 is 6.01 Å². The number of methoxy groups -OCH3 is 1. The van der Waals surface area contributed by atoms with E-state index in [4.69, 9.17) is 9.15 Å². The van der Waals surface area contributed by atoms with Crippen molar-refractivity contribution in [1.29, 1.82) is 0 Å². The third kappa shape index (κ3) is 3.49. The molecule has 1 fully saturated rings. The molecular formula is C14H26N4O2. The average Bonchev–Trinajstić information content (AvgIpc) is 3.11. The predicted molar refractivity (Wildman–Crippen MR) is 77.7 cm³/mol. The Labute approximate surface area is 120 Å². The lowest BCUT2D eigenvalue weighted by atomic mass is 9.82. The molecule has 1 aliphatic heterocycles. The van der Waals surface area contributed by atoms with E-state index in [1.165, 1.54) is 19.3 Å². The van der Waals surface area contributed by atoms with Gasteiger partial charge in [-0.15, -0.1) is 5.10 Å². The first kappa shape index (κ1) is 15.3. The molecule has 0 atom stereocenters. The van der Waals surface area contributed by atoms with Crippen LogP contribution in [0.3, 0.4) is 0 Å². The summed E-state index contributed by atoms with van der Waals surface area (Å²) in [6.07, 6.45) is 3.63. The molecule has 1 saturated heterocycles. The average molecular weight is 282 g/mol. The number of anilines is 1. The molecule has 0 unspecified atom stereocenters. The fourth-order valence-electron chi connectivity index (χ4n) is 2.74. The molecule has 1 aliphatic rings. The van der Waals surface area contributed by atoms with Gasteiger partial charge < -0.3 is 19.4 Å². The summed E-state index contributed by atoms with van der Waals surface area (Å²) >= 11 is 0. The van der Waals surface area contributed by atoms with Gasteiger partial charge in [-0.1, -0.05) is 18.9 Å². The summed E-state index contributed by atoms with van der Waals surface area (Å²) in [5, 5.41) is 11.5. The van der Waals surface area contributed by atoms with Crippen LogP contribution in [-0.2, 0) is 11.3 Å². The molecule has 114 valence electrons. The normalized spacial score (nSPS) is 17.9. The van der Waals surface area contributed by atoms with Crippen LogP contribution in [0.25, 0.3) is 0 Å². The molecule has 0 aliphatic carbocycles. The molecule has 6 nitrogen and oxygen atoms in total. The third-order valence-electron chi connectivity index (χ3n) is 4.42. The van der Waals surface area contributed by atoms with Gasteiger partial charge in [0.05, 0.1) is 13.2 Å². The summed E-state index contributed by atoms with van der Waals surface area (Å²) < 4.78 is 10.7. The second-order valence-corrected chi connectivity index (χ2v) is 5.53. The van der Waals surface area contributed by atoms with Crippen LogP contribution >= 0.6 is 0 Å². The zero-order valence-corrected chi connectivity index (χ0v) is 12.8. The molecule has 1 aromatic rings. The standard InChI is InChI=1S/C14H26N4O2/c1-4-14(5-2)6-8-18(11-14)13-17-16-12(20-13)10-15-7-9-19-3/h15H,4-11H2,1-3H3. The van der Waals surface area contributed by atoms with Gasteiger partial charge in [0.2, 0.25) is 5.89 Å². The zero-order chi connectivity index (χ0) is 14.4. The first-order chi connectivity index (χ1) is 9.73. The van der Waals surface area contributed by atoms with Gasteiger partial charge in [-0.2, -0.15) is 0 Å². The molecule has 1 aromatic heterocycles.